The van der Waals surface area contributed by atoms with Gasteiger partial charge in [-0.15, -0.1) is 0 Å². The number of hydrogen-bond acceptors (Lipinski definition) is 4. The van der Waals surface area contributed by atoms with E-state index in [0.29, 0.717) is 19.3 Å². The minimum atomic E-state index is 0.0450. The number of rotatable bonds is 11. The minimum absolute atomic E-state index is 0.0450. The summed E-state index contributed by atoms with van der Waals surface area (Å²) < 4.78 is 16.8. The molecule has 1 rings (SSSR count). The molecule has 0 bridgehead atoms. The fourth-order valence-electron chi connectivity index (χ4n) is 2.74. The van der Waals surface area contributed by atoms with Crippen molar-refractivity contribution < 1.29 is 14.2 Å². The number of methoxy groups -OCH3 is 1. The summed E-state index contributed by atoms with van der Waals surface area (Å²) in [5, 5.41) is 3.57. The van der Waals surface area contributed by atoms with E-state index in [2.05, 4.69) is 26.1 Å². The van der Waals surface area contributed by atoms with Gasteiger partial charge in [0.15, 0.2) is 0 Å². The fourth-order valence-corrected chi connectivity index (χ4v) is 2.74. The Kier molecular flexibility index (Phi) is 9.49. The zero-order valence-corrected chi connectivity index (χ0v) is 14.5. The Bertz CT molecular complexity index is 250. The average molecular weight is 301 g/mol. The van der Waals surface area contributed by atoms with Crippen molar-refractivity contribution in [2.75, 3.05) is 40.1 Å². The van der Waals surface area contributed by atoms with E-state index in [1.54, 1.807) is 7.11 Å². The normalized spacial score (nSPS) is 26.4. The first kappa shape index (κ1) is 18.9. The van der Waals surface area contributed by atoms with Gasteiger partial charge in [0.25, 0.3) is 0 Å². The molecule has 0 aromatic rings. The molecule has 126 valence electrons. The Hall–Kier alpha value is -0.160. The lowest BCUT2D eigenvalue weighted by atomic mass is 9.79. The van der Waals surface area contributed by atoms with Crippen LogP contribution in [0.25, 0.3) is 0 Å². The average Bonchev–Trinajstić information content (AvgIpc) is 2.47. The maximum Gasteiger partial charge on any atom is 0.0806 e. The van der Waals surface area contributed by atoms with Gasteiger partial charge in [-0.2, -0.15) is 0 Å². The largest absolute Gasteiger partial charge is 0.382 e. The van der Waals surface area contributed by atoms with Crippen LogP contribution in [0.5, 0.6) is 0 Å². The van der Waals surface area contributed by atoms with E-state index in [1.165, 1.54) is 25.7 Å². The molecule has 1 aliphatic carbocycles. The first-order valence-electron chi connectivity index (χ1n) is 8.52. The van der Waals surface area contributed by atoms with E-state index in [4.69, 9.17) is 14.2 Å². The van der Waals surface area contributed by atoms with Gasteiger partial charge in [0.1, 0.15) is 0 Å². The van der Waals surface area contributed by atoms with Crippen LogP contribution in [-0.4, -0.2) is 51.7 Å². The van der Waals surface area contributed by atoms with Gasteiger partial charge in [0.2, 0.25) is 0 Å². The van der Waals surface area contributed by atoms with E-state index in [0.717, 1.165) is 32.1 Å². The second-order valence-corrected chi connectivity index (χ2v) is 6.71. The molecule has 0 aromatic heterocycles. The topological polar surface area (TPSA) is 39.7 Å². The summed E-state index contributed by atoms with van der Waals surface area (Å²) in [4.78, 5) is 0. The number of nitrogens with one attached hydrogen (secondary N) is 1. The standard InChI is InChI=1S/C17H35NO3/c1-15(2)18-14-17(8-6-16(3)7-9-17)21-11-5-10-20-13-12-19-4/h15-16,18H,5-14H2,1-4H3. The molecule has 0 radical (unpaired) electrons. The summed E-state index contributed by atoms with van der Waals surface area (Å²) in [6.45, 7) is 10.6. The van der Waals surface area contributed by atoms with Crippen LogP contribution in [0.1, 0.15) is 52.9 Å². The second-order valence-electron chi connectivity index (χ2n) is 6.71. The van der Waals surface area contributed by atoms with E-state index < -0.39 is 0 Å². The molecular formula is C17H35NO3. The third kappa shape index (κ3) is 8.15. The van der Waals surface area contributed by atoms with E-state index in [9.17, 15) is 0 Å². The van der Waals surface area contributed by atoms with Gasteiger partial charge >= 0.3 is 0 Å². The summed E-state index contributed by atoms with van der Waals surface area (Å²) in [6, 6.07) is 0.516. The van der Waals surface area contributed by atoms with E-state index in [-0.39, 0.29) is 5.60 Å². The molecule has 0 unspecified atom stereocenters. The Balaban J connectivity index is 2.25. The second kappa shape index (κ2) is 10.5. The highest BCUT2D eigenvalue weighted by molar-refractivity contribution is 4.89. The van der Waals surface area contributed by atoms with Gasteiger partial charge in [-0.1, -0.05) is 20.8 Å². The molecule has 1 aliphatic rings. The maximum absolute atomic E-state index is 6.30. The van der Waals surface area contributed by atoms with Crippen LogP contribution in [-0.2, 0) is 14.2 Å². The van der Waals surface area contributed by atoms with Crippen molar-refractivity contribution in [3.05, 3.63) is 0 Å². The van der Waals surface area contributed by atoms with Gasteiger partial charge in [0.05, 0.1) is 18.8 Å². The van der Waals surface area contributed by atoms with Crippen molar-refractivity contribution >= 4 is 0 Å². The van der Waals surface area contributed by atoms with Crippen molar-refractivity contribution in [1.29, 1.82) is 0 Å². The van der Waals surface area contributed by atoms with Crippen molar-refractivity contribution in [2.24, 2.45) is 5.92 Å². The van der Waals surface area contributed by atoms with Crippen molar-refractivity contribution in [3.63, 3.8) is 0 Å². The maximum atomic E-state index is 6.30. The predicted molar refractivity (Wildman–Crippen MR) is 86.8 cm³/mol. The monoisotopic (exact) mass is 301 g/mol. The van der Waals surface area contributed by atoms with Crippen LogP contribution in [0.2, 0.25) is 0 Å². The molecule has 4 nitrogen and oxygen atoms in total. The van der Waals surface area contributed by atoms with Gasteiger partial charge in [-0.05, 0) is 38.0 Å². The van der Waals surface area contributed by atoms with Crippen LogP contribution in [0.15, 0.2) is 0 Å². The molecular weight excluding hydrogens is 266 g/mol. The smallest absolute Gasteiger partial charge is 0.0806 e. The summed E-state index contributed by atoms with van der Waals surface area (Å²) in [5.41, 5.74) is 0.0450. The Labute approximate surface area is 130 Å². The van der Waals surface area contributed by atoms with Crippen LogP contribution in [0.3, 0.4) is 0 Å². The predicted octanol–water partition coefficient (Wildman–Crippen LogP) is 3.00. The van der Waals surface area contributed by atoms with Crippen molar-refractivity contribution in [2.45, 2.75) is 64.5 Å². The van der Waals surface area contributed by atoms with E-state index >= 15 is 0 Å². The summed E-state index contributed by atoms with van der Waals surface area (Å²) >= 11 is 0. The fraction of sp³-hybridized carbons (Fsp3) is 1.00. The zero-order chi connectivity index (χ0) is 15.6. The highest BCUT2D eigenvalue weighted by Gasteiger charge is 2.34. The van der Waals surface area contributed by atoms with Gasteiger partial charge in [-0.25, -0.2) is 0 Å². The SMILES string of the molecule is COCCOCCCOC1(CNC(C)C)CCC(C)CC1. The first-order valence-corrected chi connectivity index (χ1v) is 8.52. The Morgan fingerprint density at radius 2 is 1.81 bits per heavy atom. The van der Waals surface area contributed by atoms with Crippen molar-refractivity contribution in [3.8, 4) is 0 Å². The first-order chi connectivity index (χ1) is 10.1. The third-order valence-corrected chi connectivity index (χ3v) is 4.29. The number of hydrogen-bond donors (Lipinski definition) is 1. The molecule has 0 amide bonds. The lowest BCUT2D eigenvalue weighted by Gasteiger charge is -2.40. The molecule has 0 saturated heterocycles. The molecule has 21 heavy (non-hydrogen) atoms. The van der Waals surface area contributed by atoms with Gasteiger partial charge < -0.3 is 19.5 Å². The van der Waals surface area contributed by atoms with Gasteiger partial charge in [-0.3, -0.25) is 0 Å². The summed E-state index contributed by atoms with van der Waals surface area (Å²) in [5.74, 6) is 0.846. The molecule has 0 atom stereocenters. The highest BCUT2D eigenvalue weighted by Crippen LogP contribution is 2.34. The summed E-state index contributed by atoms with van der Waals surface area (Å²) in [6.07, 6.45) is 5.88. The van der Waals surface area contributed by atoms with Crippen LogP contribution in [0, 0.1) is 5.92 Å². The van der Waals surface area contributed by atoms with Crippen LogP contribution >= 0.6 is 0 Å². The zero-order valence-electron chi connectivity index (χ0n) is 14.5. The molecule has 4 heteroatoms. The Morgan fingerprint density at radius 3 is 2.43 bits per heavy atom. The molecule has 1 N–H and O–H groups in total. The Morgan fingerprint density at radius 1 is 1.10 bits per heavy atom. The van der Waals surface area contributed by atoms with E-state index in [1.807, 2.05) is 0 Å². The minimum Gasteiger partial charge on any atom is -0.382 e. The van der Waals surface area contributed by atoms with Crippen LogP contribution < -0.4 is 5.32 Å². The molecule has 1 fully saturated rings. The molecule has 0 spiro atoms. The molecule has 0 heterocycles. The van der Waals surface area contributed by atoms with Crippen LogP contribution in [0.4, 0.5) is 0 Å². The molecule has 0 aliphatic heterocycles. The van der Waals surface area contributed by atoms with Gasteiger partial charge in [0, 0.05) is 32.9 Å². The summed E-state index contributed by atoms with van der Waals surface area (Å²) in [7, 11) is 1.70. The highest BCUT2D eigenvalue weighted by atomic mass is 16.5. The lowest BCUT2D eigenvalue weighted by molar-refractivity contribution is -0.0815. The van der Waals surface area contributed by atoms with Crippen molar-refractivity contribution in [1.82, 2.24) is 5.32 Å². The lowest BCUT2D eigenvalue weighted by Crippen LogP contribution is -2.47. The molecule has 0 aromatic carbocycles. The quantitative estimate of drug-likeness (QED) is 0.596. The number of ether oxygens (including phenoxy) is 3. The third-order valence-electron chi connectivity index (χ3n) is 4.29. The molecule has 1 saturated carbocycles.